The van der Waals surface area contributed by atoms with Crippen molar-refractivity contribution in [1.82, 2.24) is 5.32 Å². The topological polar surface area (TPSA) is 41.5 Å². The van der Waals surface area contributed by atoms with Gasteiger partial charge in [-0.05, 0) is 32.1 Å². The lowest BCUT2D eigenvalue weighted by atomic mass is 9.98. The van der Waals surface area contributed by atoms with Crippen LogP contribution in [0.4, 0.5) is 0 Å². The molecule has 2 rings (SSSR count). The predicted molar refractivity (Wildman–Crippen MR) is 64.5 cm³/mol. The molecule has 0 amide bonds. The second-order valence-electron chi connectivity index (χ2n) is 5.19. The molecule has 2 aliphatic rings. The van der Waals surface area contributed by atoms with E-state index in [1.807, 2.05) is 0 Å². The Balaban J connectivity index is 1.51. The molecule has 2 saturated carbocycles. The van der Waals surface area contributed by atoms with E-state index in [9.17, 15) is 5.11 Å². The molecule has 3 heteroatoms. The molecule has 0 radical (unpaired) electrons. The minimum Gasteiger partial charge on any atom is -0.392 e. The van der Waals surface area contributed by atoms with Gasteiger partial charge >= 0.3 is 0 Å². The average Bonchev–Trinajstić information content (AvgIpc) is 2.72. The third-order valence-electron chi connectivity index (χ3n) is 3.89. The van der Waals surface area contributed by atoms with Crippen molar-refractivity contribution in [3.63, 3.8) is 0 Å². The number of hydrogen-bond acceptors (Lipinski definition) is 3. The molecule has 0 unspecified atom stereocenters. The maximum absolute atomic E-state index is 9.63. The first-order valence-corrected chi connectivity index (χ1v) is 6.89. The first-order chi connectivity index (χ1) is 7.86. The van der Waals surface area contributed by atoms with E-state index in [0.29, 0.717) is 12.1 Å². The van der Waals surface area contributed by atoms with Crippen LogP contribution in [-0.4, -0.2) is 36.5 Å². The fraction of sp³-hybridized carbons (Fsp3) is 1.00. The molecule has 2 fully saturated rings. The Labute approximate surface area is 98.6 Å². The summed E-state index contributed by atoms with van der Waals surface area (Å²) < 4.78 is 5.83. The third-order valence-corrected chi connectivity index (χ3v) is 3.89. The molecule has 0 aromatic rings. The highest BCUT2D eigenvalue weighted by Gasteiger charge is 2.24. The van der Waals surface area contributed by atoms with Gasteiger partial charge in [-0.1, -0.05) is 19.3 Å². The highest BCUT2D eigenvalue weighted by atomic mass is 16.5. The molecule has 94 valence electrons. The summed E-state index contributed by atoms with van der Waals surface area (Å²) in [5.41, 5.74) is 0. The predicted octanol–water partition coefficient (Wildman–Crippen LogP) is 1.84. The van der Waals surface area contributed by atoms with Gasteiger partial charge < -0.3 is 15.2 Å². The zero-order valence-corrected chi connectivity index (χ0v) is 10.2. The normalized spacial score (nSPS) is 32.1. The number of ether oxygens (including phenoxy) is 1. The molecule has 0 bridgehead atoms. The van der Waals surface area contributed by atoms with Crippen molar-refractivity contribution < 1.29 is 9.84 Å². The van der Waals surface area contributed by atoms with Crippen LogP contribution in [0, 0.1) is 0 Å². The fourth-order valence-corrected chi connectivity index (χ4v) is 2.88. The van der Waals surface area contributed by atoms with Gasteiger partial charge in [-0.15, -0.1) is 0 Å². The van der Waals surface area contributed by atoms with E-state index in [2.05, 4.69) is 5.32 Å². The summed E-state index contributed by atoms with van der Waals surface area (Å²) in [6, 6.07) is 0.315. The zero-order chi connectivity index (χ0) is 11.2. The summed E-state index contributed by atoms with van der Waals surface area (Å²) >= 11 is 0. The molecule has 0 aromatic heterocycles. The number of aliphatic hydroxyl groups is 1. The van der Waals surface area contributed by atoms with E-state index >= 15 is 0 Å². The molecule has 0 aliphatic heterocycles. The Bertz CT molecular complexity index is 192. The van der Waals surface area contributed by atoms with Crippen molar-refractivity contribution in [3.8, 4) is 0 Å². The third kappa shape index (κ3) is 3.72. The number of nitrogens with one attached hydrogen (secondary N) is 1. The van der Waals surface area contributed by atoms with Gasteiger partial charge in [0.15, 0.2) is 0 Å². The van der Waals surface area contributed by atoms with E-state index in [4.69, 9.17) is 4.74 Å². The second kappa shape index (κ2) is 6.58. The summed E-state index contributed by atoms with van der Waals surface area (Å²) in [6.45, 7) is 1.69. The standard InChI is InChI=1S/C13H25NO2/c15-13-8-4-7-12(13)14-9-10-16-11-5-2-1-3-6-11/h11-15H,1-10H2/t12-,13-/m1/s1. The van der Waals surface area contributed by atoms with E-state index < -0.39 is 0 Å². The second-order valence-corrected chi connectivity index (χ2v) is 5.19. The Morgan fingerprint density at radius 1 is 1.00 bits per heavy atom. The first-order valence-electron chi connectivity index (χ1n) is 6.89. The molecule has 0 heterocycles. The molecule has 2 N–H and O–H groups in total. The van der Waals surface area contributed by atoms with Gasteiger partial charge in [0.1, 0.15) is 0 Å². The van der Waals surface area contributed by atoms with Crippen LogP contribution in [0.3, 0.4) is 0 Å². The monoisotopic (exact) mass is 227 g/mol. The van der Waals surface area contributed by atoms with E-state index in [-0.39, 0.29) is 6.10 Å². The van der Waals surface area contributed by atoms with Crippen LogP contribution in [0.1, 0.15) is 51.4 Å². The van der Waals surface area contributed by atoms with Crippen LogP contribution in [-0.2, 0) is 4.74 Å². The van der Waals surface area contributed by atoms with Gasteiger partial charge in [0, 0.05) is 12.6 Å². The fourth-order valence-electron chi connectivity index (χ4n) is 2.88. The Kier molecular flexibility index (Phi) is 5.07. The Hall–Kier alpha value is -0.120. The summed E-state index contributed by atoms with van der Waals surface area (Å²) in [6.07, 6.45) is 10.1. The average molecular weight is 227 g/mol. The van der Waals surface area contributed by atoms with Crippen molar-refractivity contribution in [2.45, 2.75) is 69.6 Å². The molecule has 16 heavy (non-hydrogen) atoms. The van der Waals surface area contributed by atoms with Gasteiger partial charge in [-0.3, -0.25) is 0 Å². The minimum absolute atomic E-state index is 0.130. The molecular weight excluding hydrogens is 202 g/mol. The highest BCUT2D eigenvalue weighted by Crippen LogP contribution is 2.20. The van der Waals surface area contributed by atoms with Crippen molar-refractivity contribution in [2.24, 2.45) is 0 Å². The molecule has 0 spiro atoms. The number of aliphatic hydroxyl groups excluding tert-OH is 1. The van der Waals surface area contributed by atoms with E-state index in [1.165, 1.54) is 32.1 Å². The van der Waals surface area contributed by atoms with Gasteiger partial charge in [-0.25, -0.2) is 0 Å². The Morgan fingerprint density at radius 3 is 2.50 bits per heavy atom. The highest BCUT2D eigenvalue weighted by molar-refractivity contribution is 4.82. The van der Waals surface area contributed by atoms with Crippen LogP contribution >= 0.6 is 0 Å². The minimum atomic E-state index is -0.130. The van der Waals surface area contributed by atoms with Gasteiger partial charge in [0.05, 0.1) is 18.8 Å². The molecular formula is C13H25NO2. The summed E-state index contributed by atoms with van der Waals surface area (Å²) in [5.74, 6) is 0. The van der Waals surface area contributed by atoms with Crippen molar-refractivity contribution in [3.05, 3.63) is 0 Å². The van der Waals surface area contributed by atoms with Crippen LogP contribution in [0.5, 0.6) is 0 Å². The largest absolute Gasteiger partial charge is 0.392 e. The quantitative estimate of drug-likeness (QED) is 0.704. The number of rotatable bonds is 5. The summed E-state index contributed by atoms with van der Waals surface area (Å²) in [5, 5.41) is 13.0. The molecule has 2 atom stereocenters. The first kappa shape index (κ1) is 12.3. The SMILES string of the molecule is O[C@@H]1CCC[C@H]1NCCOC1CCCCC1. The summed E-state index contributed by atoms with van der Waals surface area (Å²) in [7, 11) is 0. The molecule has 2 aliphatic carbocycles. The lowest BCUT2D eigenvalue weighted by molar-refractivity contribution is 0.0275. The Morgan fingerprint density at radius 2 is 1.81 bits per heavy atom. The van der Waals surface area contributed by atoms with Crippen molar-refractivity contribution in [2.75, 3.05) is 13.2 Å². The van der Waals surface area contributed by atoms with Gasteiger partial charge in [-0.2, -0.15) is 0 Å². The maximum Gasteiger partial charge on any atom is 0.0693 e. The van der Waals surface area contributed by atoms with E-state index in [0.717, 1.165) is 32.4 Å². The summed E-state index contributed by atoms with van der Waals surface area (Å²) in [4.78, 5) is 0. The zero-order valence-electron chi connectivity index (χ0n) is 10.2. The van der Waals surface area contributed by atoms with Crippen molar-refractivity contribution >= 4 is 0 Å². The molecule has 0 saturated heterocycles. The van der Waals surface area contributed by atoms with Crippen LogP contribution < -0.4 is 5.32 Å². The van der Waals surface area contributed by atoms with Crippen molar-refractivity contribution in [1.29, 1.82) is 0 Å². The maximum atomic E-state index is 9.63. The smallest absolute Gasteiger partial charge is 0.0693 e. The van der Waals surface area contributed by atoms with Gasteiger partial charge in [0.2, 0.25) is 0 Å². The number of hydrogen-bond donors (Lipinski definition) is 2. The van der Waals surface area contributed by atoms with E-state index in [1.54, 1.807) is 0 Å². The van der Waals surface area contributed by atoms with Gasteiger partial charge in [0.25, 0.3) is 0 Å². The lowest BCUT2D eigenvalue weighted by Gasteiger charge is -2.23. The van der Waals surface area contributed by atoms with Crippen LogP contribution in [0.2, 0.25) is 0 Å². The molecule has 0 aromatic carbocycles. The lowest BCUT2D eigenvalue weighted by Crippen LogP contribution is -2.38. The van der Waals surface area contributed by atoms with Crippen LogP contribution in [0.25, 0.3) is 0 Å². The van der Waals surface area contributed by atoms with Crippen LogP contribution in [0.15, 0.2) is 0 Å². The molecule has 3 nitrogen and oxygen atoms in total.